The van der Waals surface area contributed by atoms with Gasteiger partial charge in [-0.3, -0.25) is 9.59 Å². The molecular formula is C25H28FNO4. The van der Waals surface area contributed by atoms with Crippen LogP contribution in [0.4, 0.5) is 4.39 Å². The molecule has 164 valence electrons. The highest BCUT2D eigenvalue weighted by Crippen LogP contribution is 2.43. The number of nitrogens with zero attached hydrogens (tertiary/aromatic N) is 1. The van der Waals surface area contributed by atoms with Crippen LogP contribution in [0.25, 0.3) is 5.76 Å². The van der Waals surface area contributed by atoms with E-state index < -0.39 is 23.5 Å². The van der Waals surface area contributed by atoms with E-state index in [1.807, 2.05) is 32.9 Å². The minimum atomic E-state index is -0.785. The quantitative estimate of drug-likeness (QED) is 0.379. The molecule has 0 bridgehead atoms. The smallest absolute Gasteiger partial charge is 0.295 e. The fraction of sp³-hybridized carbons (Fsp3) is 0.360. The van der Waals surface area contributed by atoms with Crippen LogP contribution in [-0.2, 0) is 9.59 Å². The molecule has 0 aliphatic carbocycles. The summed E-state index contributed by atoms with van der Waals surface area (Å²) in [5, 5.41) is 11.1. The average Bonchev–Trinajstić information content (AvgIpc) is 2.98. The van der Waals surface area contributed by atoms with Crippen molar-refractivity contribution >= 4 is 17.4 Å². The van der Waals surface area contributed by atoms with Crippen molar-refractivity contribution in [2.24, 2.45) is 0 Å². The number of ketones is 1. The van der Waals surface area contributed by atoms with Crippen LogP contribution in [0.15, 0.2) is 48.0 Å². The lowest BCUT2D eigenvalue weighted by molar-refractivity contribution is -0.139. The summed E-state index contributed by atoms with van der Waals surface area (Å²) in [5.74, 6) is -1.58. The second-order valence-corrected chi connectivity index (χ2v) is 8.01. The van der Waals surface area contributed by atoms with Gasteiger partial charge in [-0.15, -0.1) is 0 Å². The predicted octanol–water partition coefficient (Wildman–Crippen LogP) is 5.14. The van der Waals surface area contributed by atoms with Gasteiger partial charge in [0.15, 0.2) is 0 Å². The van der Waals surface area contributed by atoms with Crippen LogP contribution in [0.5, 0.6) is 5.75 Å². The van der Waals surface area contributed by atoms with Crippen LogP contribution in [0.2, 0.25) is 0 Å². The summed E-state index contributed by atoms with van der Waals surface area (Å²) in [6, 6.07) is 10.6. The maximum Gasteiger partial charge on any atom is 0.295 e. The van der Waals surface area contributed by atoms with E-state index in [4.69, 9.17) is 4.74 Å². The molecule has 3 rings (SSSR count). The summed E-state index contributed by atoms with van der Waals surface area (Å²) in [6.45, 7) is 7.75. The lowest BCUT2D eigenvalue weighted by Crippen LogP contribution is -2.31. The van der Waals surface area contributed by atoms with Gasteiger partial charge >= 0.3 is 0 Å². The molecule has 1 heterocycles. The average molecular weight is 426 g/mol. The Morgan fingerprint density at radius 3 is 2.55 bits per heavy atom. The second kappa shape index (κ2) is 9.33. The number of benzene rings is 2. The van der Waals surface area contributed by atoms with Gasteiger partial charge in [0, 0.05) is 17.7 Å². The van der Waals surface area contributed by atoms with Crippen LogP contribution in [0.1, 0.15) is 56.3 Å². The number of carbonyl (C=O) groups excluding carboxylic acids is 2. The van der Waals surface area contributed by atoms with Crippen molar-refractivity contribution in [1.82, 2.24) is 4.90 Å². The van der Waals surface area contributed by atoms with Crippen LogP contribution >= 0.6 is 0 Å². The second-order valence-electron chi connectivity index (χ2n) is 8.01. The molecule has 1 atom stereocenters. The van der Waals surface area contributed by atoms with E-state index in [1.54, 1.807) is 19.1 Å². The highest BCUT2D eigenvalue weighted by Gasteiger charge is 2.46. The zero-order valence-corrected chi connectivity index (χ0v) is 18.3. The minimum absolute atomic E-state index is 0.00748. The maximum atomic E-state index is 13.8. The molecule has 0 saturated carbocycles. The van der Waals surface area contributed by atoms with Gasteiger partial charge in [0.2, 0.25) is 0 Å². The third-order valence-corrected chi connectivity index (χ3v) is 5.30. The van der Waals surface area contributed by atoms with Crippen molar-refractivity contribution in [3.05, 3.63) is 70.5 Å². The number of aryl methyl sites for hydroxylation is 1. The zero-order valence-electron chi connectivity index (χ0n) is 18.3. The molecule has 1 saturated heterocycles. The normalized spacial score (nSPS) is 18.1. The molecule has 1 aliphatic rings. The largest absolute Gasteiger partial charge is 0.507 e. The topological polar surface area (TPSA) is 66.8 Å². The number of rotatable bonds is 7. The molecule has 0 radical (unpaired) electrons. The first-order chi connectivity index (χ1) is 14.8. The lowest BCUT2D eigenvalue weighted by Gasteiger charge is -2.27. The van der Waals surface area contributed by atoms with Gasteiger partial charge in [-0.2, -0.15) is 0 Å². The molecular weight excluding hydrogens is 397 g/mol. The third kappa shape index (κ3) is 4.48. The first kappa shape index (κ1) is 22.5. The van der Waals surface area contributed by atoms with E-state index in [-0.39, 0.29) is 17.4 Å². The molecule has 0 spiro atoms. The summed E-state index contributed by atoms with van der Waals surface area (Å²) in [6.07, 6.45) is 1.45. The summed E-state index contributed by atoms with van der Waals surface area (Å²) in [7, 11) is 0. The van der Waals surface area contributed by atoms with Crippen LogP contribution in [0, 0.1) is 12.7 Å². The van der Waals surface area contributed by atoms with Crippen LogP contribution in [-0.4, -0.2) is 34.3 Å². The van der Waals surface area contributed by atoms with Crippen LogP contribution < -0.4 is 4.74 Å². The number of hydrogen-bond donors (Lipinski definition) is 1. The molecule has 1 amide bonds. The molecule has 2 aromatic rings. The molecule has 2 aromatic carbocycles. The molecule has 0 aromatic heterocycles. The van der Waals surface area contributed by atoms with E-state index in [1.165, 1.54) is 23.1 Å². The standard InChI is InChI=1S/C25H28FNO4/c1-5-6-13-27-22(18-9-7-8-10-20(18)31-15(2)3)21(24(29)25(27)30)23(28)17-11-12-19(26)16(4)14-17/h7-12,14-15,22,28H,5-6,13H2,1-4H3/b23-21-. The highest BCUT2D eigenvalue weighted by atomic mass is 19.1. The van der Waals surface area contributed by atoms with E-state index >= 15 is 0 Å². The highest BCUT2D eigenvalue weighted by molar-refractivity contribution is 6.46. The summed E-state index contributed by atoms with van der Waals surface area (Å²) >= 11 is 0. The van der Waals surface area contributed by atoms with Crippen molar-refractivity contribution in [3.63, 3.8) is 0 Å². The van der Waals surface area contributed by atoms with Gasteiger partial charge < -0.3 is 14.7 Å². The van der Waals surface area contributed by atoms with Crippen molar-refractivity contribution in [3.8, 4) is 5.75 Å². The Bertz CT molecular complexity index is 1030. The van der Waals surface area contributed by atoms with Gasteiger partial charge in [0.1, 0.15) is 17.3 Å². The minimum Gasteiger partial charge on any atom is -0.507 e. The van der Waals surface area contributed by atoms with E-state index in [0.29, 0.717) is 35.4 Å². The Hall–Kier alpha value is -3.15. The molecule has 31 heavy (non-hydrogen) atoms. The first-order valence-electron chi connectivity index (χ1n) is 10.6. The fourth-order valence-electron chi connectivity index (χ4n) is 3.78. The number of hydrogen-bond acceptors (Lipinski definition) is 4. The number of unbranched alkanes of at least 4 members (excludes halogenated alkanes) is 1. The number of Topliss-reactive ketones (excluding diaryl/α,β-unsaturated/α-hetero) is 1. The molecule has 1 fully saturated rings. The van der Waals surface area contributed by atoms with Gasteiger partial charge in [0.25, 0.3) is 11.7 Å². The van der Waals surface area contributed by atoms with Crippen molar-refractivity contribution in [2.75, 3.05) is 6.54 Å². The number of carbonyl (C=O) groups is 2. The van der Waals surface area contributed by atoms with Gasteiger partial charge in [-0.25, -0.2) is 4.39 Å². The van der Waals surface area contributed by atoms with Crippen molar-refractivity contribution < 1.29 is 23.8 Å². The SMILES string of the molecule is CCCCN1C(=O)C(=O)/C(=C(\O)c2ccc(F)c(C)c2)C1c1ccccc1OC(C)C. The Balaban J connectivity index is 2.22. The Labute approximate surface area is 182 Å². The van der Waals surface area contributed by atoms with Gasteiger partial charge in [0.05, 0.1) is 17.7 Å². The number of aliphatic hydroxyl groups is 1. The molecule has 1 aliphatic heterocycles. The number of aliphatic hydroxyl groups excluding tert-OH is 1. The summed E-state index contributed by atoms with van der Waals surface area (Å²) < 4.78 is 19.7. The van der Waals surface area contributed by atoms with Crippen LogP contribution in [0.3, 0.4) is 0 Å². The van der Waals surface area contributed by atoms with Crippen molar-refractivity contribution in [1.29, 1.82) is 0 Å². The van der Waals surface area contributed by atoms with Gasteiger partial charge in [-0.05, 0) is 57.0 Å². The number of likely N-dealkylation sites (tertiary alicyclic amines) is 1. The Kier molecular flexibility index (Phi) is 6.78. The third-order valence-electron chi connectivity index (χ3n) is 5.30. The number of ether oxygens (including phenoxy) is 1. The lowest BCUT2D eigenvalue weighted by atomic mass is 9.94. The Morgan fingerprint density at radius 2 is 1.90 bits per heavy atom. The molecule has 1 unspecified atom stereocenters. The van der Waals surface area contributed by atoms with E-state index in [0.717, 1.165) is 6.42 Å². The number of para-hydroxylation sites is 1. The first-order valence-corrected chi connectivity index (χ1v) is 10.6. The summed E-state index contributed by atoms with van der Waals surface area (Å²) in [4.78, 5) is 27.5. The van der Waals surface area contributed by atoms with Gasteiger partial charge in [-0.1, -0.05) is 31.5 Å². The molecule has 1 N–H and O–H groups in total. The van der Waals surface area contributed by atoms with Crippen molar-refractivity contribution in [2.45, 2.75) is 52.7 Å². The number of halogens is 1. The molecule has 5 nitrogen and oxygen atoms in total. The van der Waals surface area contributed by atoms with E-state index in [9.17, 15) is 19.1 Å². The molecule has 6 heteroatoms. The Morgan fingerprint density at radius 1 is 1.19 bits per heavy atom. The van der Waals surface area contributed by atoms with E-state index in [2.05, 4.69) is 0 Å². The monoisotopic (exact) mass is 425 g/mol. The zero-order chi connectivity index (χ0) is 22.7. The fourth-order valence-corrected chi connectivity index (χ4v) is 3.78. The maximum absolute atomic E-state index is 13.8. The summed E-state index contributed by atoms with van der Waals surface area (Å²) in [5.41, 5.74) is 1.25. The predicted molar refractivity (Wildman–Crippen MR) is 117 cm³/mol. The number of amides is 1.